The van der Waals surface area contributed by atoms with Crippen LogP contribution in [0.25, 0.3) is 0 Å². The molecule has 2 unspecified atom stereocenters. The van der Waals surface area contributed by atoms with E-state index in [-0.39, 0.29) is 31.6 Å². The fourth-order valence-corrected chi connectivity index (χ4v) is 2.59. The molecule has 10 heteroatoms. The van der Waals surface area contributed by atoms with E-state index in [9.17, 15) is 9.59 Å². The molecule has 0 spiro atoms. The lowest BCUT2D eigenvalue weighted by Crippen LogP contribution is -2.53. The number of hydrogen-bond donors (Lipinski definition) is 2. The molecule has 1 amide bonds. The standard InChI is InChI=1S/C13H18N6O4/c1-9(20)19(23-7-12-15-8-16-17-12)11-3-2-10(4-14)18(5-11)6-13(21)22/h8,10-11H,2-3,5-7H2,1H3,(H,21,22)(H,15,16,17). The Hall–Kier alpha value is -2.51. The van der Waals surface area contributed by atoms with E-state index < -0.39 is 12.0 Å². The molecular formula is C13H18N6O4. The summed E-state index contributed by atoms with van der Waals surface area (Å²) in [7, 11) is 0. The van der Waals surface area contributed by atoms with Crippen molar-refractivity contribution in [1.82, 2.24) is 25.1 Å². The van der Waals surface area contributed by atoms with E-state index in [4.69, 9.17) is 15.2 Å². The van der Waals surface area contributed by atoms with Gasteiger partial charge in [0.1, 0.15) is 12.9 Å². The number of amides is 1. The fourth-order valence-electron chi connectivity index (χ4n) is 2.59. The van der Waals surface area contributed by atoms with Crippen LogP contribution in [0.2, 0.25) is 0 Å². The van der Waals surface area contributed by atoms with Gasteiger partial charge in [0, 0.05) is 13.5 Å². The van der Waals surface area contributed by atoms with E-state index in [1.807, 2.05) is 0 Å². The van der Waals surface area contributed by atoms with Crippen LogP contribution in [0.1, 0.15) is 25.6 Å². The number of carbonyl (C=O) groups is 2. The van der Waals surface area contributed by atoms with Crippen LogP contribution in [0.3, 0.4) is 0 Å². The number of aromatic nitrogens is 3. The van der Waals surface area contributed by atoms with Crippen LogP contribution >= 0.6 is 0 Å². The lowest BCUT2D eigenvalue weighted by Gasteiger charge is -2.39. The van der Waals surface area contributed by atoms with Crippen molar-refractivity contribution in [2.75, 3.05) is 13.1 Å². The highest BCUT2D eigenvalue weighted by Gasteiger charge is 2.34. The van der Waals surface area contributed by atoms with Crippen molar-refractivity contribution in [3.8, 4) is 6.07 Å². The lowest BCUT2D eigenvalue weighted by atomic mass is 9.98. The molecule has 0 aliphatic carbocycles. The third-order valence-corrected chi connectivity index (χ3v) is 3.59. The number of aliphatic carboxylic acids is 1. The summed E-state index contributed by atoms with van der Waals surface area (Å²) in [6, 6.07) is 1.31. The van der Waals surface area contributed by atoms with Crippen LogP contribution in [0.15, 0.2) is 6.33 Å². The number of hydroxylamine groups is 2. The van der Waals surface area contributed by atoms with Gasteiger partial charge in [-0.3, -0.25) is 24.4 Å². The molecule has 10 nitrogen and oxygen atoms in total. The van der Waals surface area contributed by atoms with Gasteiger partial charge >= 0.3 is 5.97 Å². The number of H-pyrrole nitrogens is 1. The number of likely N-dealkylation sites (tertiary alicyclic amines) is 1. The minimum atomic E-state index is -1.01. The summed E-state index contributed by atoms with van der Waals surface area (Å²) >= 11 is 0. The number of nitrogens with zero attached hydrogens (tertiary/aromatic N) is 5. The minimum Gasteiger partial charge on any atom is -0.480 e. The highest BCUT2D eigenvalue weighted by molar-refractivity contribution is 5.72. The van der Waals surface area contributed by atoms with Gasteiger partial charge in [0.2, 0.25) is 5.91 Å². The molecule has 2 rings (SSSR count). The summed E-state index contributed by atoms with van der Waals surface area (Å²) in [6.07, 6.45) is 2.37. The van der Waals surface area contributed by atoms with Gasteiger partial charge in [0.25, 0.3) is 0 Å². The molecule has 0 aromatic carbocycles. The average molecular weight is 322 g/mol. The topological polar surface area (TPSA) is 135 Å². The number of aromatic amines is 1. The molecular weight excluding hydrogens is 304 g/mol. The first-order valence-electron chi connectivity index (χ1n) is 7.13. The number of hydrogen-bond acceptors (Lipinski definition) is 7. The smallest absolute Gasteiger partial charge is 0.317 e. The Morgan fingerprint density at radius 1 is 1.61 bits per heavy atom. The Labute approximate surface area is 132 Å². The number of rotatable bonds is 6. The predicted octanol–water partition coefficient (Wildman–Crippen LogP) is -0.474. The van der Waals surface area contributed by atoms with Gasteiger partial charge in [-0.1, -0.05) is 0 Å². The Bertz CT molecular complexity index is 584. The summed E-state index contributed by atoms with van der Waals surface area (Å²) in [5.74, 6) is -0.826. The van der Waals surface area contributed by atoms with Gasteiger partial charge in [-0.15, -0.1) is 0 Å². The van der Waals surface area contributed by atoms with Gasteiger partial charge < -0.3 is 5.11 Å². The molecule has 1 saturated heterocycles. The lowest BCUT2D eigenvalue weighted by molar-refractivity contribution is -0.211. The van der Waals surface area contributed by atoms with Crippen LogP contribution < -0.4 is 0 Å². The van der Waals surface area contributed by atoms with E-state index in [0.717, 1.165) is 0 Å². The quantitative estimate of drug-likeness (QED) is 0.671. The Balaban J connectivity index is 2.02. The molecule has 1 aliphatic heterocycles. The SMILES string of the molecule is CC(=O)N(OCc1ncn[nH]1)C1CCC(C#N)N(CC(=O)O)C1. The zero-order chi connectivity index (χ0) is 16.8. The Morgan fingerprint density at radius 3 is 2.96 bits per heavy atom. The molecule has 2 N–H and O–H groups in total. The number of carboxylic acids is 1. The second-order valence-electron chi connectivity index (χ2n) is 5.25. The maximum atomic E-state index is 11.8. The van der Waals surface area contributed by atoms with Crippen molar-refractivity contribution in [2.24, 2.45) is 0 Å². The fraction of sp³-hybridized carbons (Fsp3) is 0.615. The summed E-state index contributed by atoms with van der Waals surface area (Å²) in [4.78, 5) is 33.7. The zero-order valence-electron chi connectivity index (χ0n) is 12.7. The first-order valence-corrected chi connectivity index (χ1v) is 7.13. The third-order valence-electron chi connectivity index (χ3n) is 3.59. The van der Waals surface area contributed by atoms with Crippen LogP contribution in [0, 0.1) is 11.3 Å². The molecule has 0 radical (unpaired) electrons. The number of carboxylic acid groups (broad SMARTS) is 1. The number of nitrogens with one attached hydrogen (secondary N) is 1. The zero-order valence-corrected chi connectivity index (χ0v) is 12.7. The highest BCUT2D eigenvalue weighted by Crippen LogP contribution is 2.21. The van der Waals surface area contributed by atoms with Crippen LogP contribution in [0.4, 0.5) is 0 Å². The van der Waals surface area contributed by atoms with Crippen molar-refractivity contribution < 1.29 is 19.5 Å². The molecule has 0 bridgehead atoms. The van der Waals surface area contributed by atoms with Crippen molar-refractivity contribution in [3.05, 3.63) is 12.2 Å². The van der Waals surface area contributed by atoms with Gasteiger partial charge in [-0.25, -0.2) is 10.0 Å². The third kappa shape index (κ3) is 4.48. The van der Waals surface area contributed by atoms with Crippen molar-refractivity contribution in [2.45, 2.75) is 38.5 Å². The normalized spacial score (nSPS) is 21.6. The van der Waals surface area contributed by atoms with Crippen molar-refractivity contribution in [3.63, 3.8) is 0 Å². The van der Waals surface area contributed by atoms with E-state index in [2.05, 4.69) is 21.3 Å². The largest absolute Gasteiger partial charge is 0.480 e. The second kappa shape index (κ2) is 7.66. The molecule has 2 heterocycles. The van der Waals surface area contributed by atoms with Crippen LogP contribution in [-0.2, 0) is 21.0 Å². The maximum absolute atomic E-state index is 11.8. The van der Waals surface area contributed by atoms with Crippen LogP contribution in [-0.4, -0.2) is 67.3 Å². The maximum Gasteiger partial charge on any atom is 0.317 e. The van der Waals surface area contributed by atoms with E-state index >= 15 is 0 Å². The Kier molecular flexibility index (Phi) is 5.61. The number of carbonyl (C=O) groups excluding carboxylic acids is 1. The van der Waals surface area contributed by atoms with Gasteiger partial charge in [0.05, 0.1) is 24.7 Å². The van der Waals surface area contributed by atoms with Gasteiger partial charge in [0.15, 0.2) is 5.82 Å². The molecule has 0 saturated carbocycles. The molecule has 2 atom stereocenters. The number of nitriles is 1. The van der Waals surface area contributed by atoms with Crippen molar-refractivity contribution in [1.29, 1.82) is 5.26 Å². The van der Waals surface area contributed by atoms with E-state index in [1.54, 1.807) is 4.90 Å². The Morgan fingerprint density at radius 2 is 2.39 bits per heavy atom. The summed E-state index contributed by atoms with van der Waals surface area (Å²) in [5.41, 5.74) is 0. The average Bonchev–Trinajstić information content (AvgIpc) is 3.00. The molecule has 1 aromatic rings. The molecule has 23 heavy (non-hydrogen) atoms. The van der Waals surface area contributed by atoms with E-state index in [0.29, 0.717) is 18.7 Å². The summed E-state index contributed by atoms with van der Waals surface area (Å²) in [6.45, 7) is 1.44. The molecule has 1 fully saturated rings. The molecule has 1 aliphatic rings. The first-order chi connectivity index (χ1) is 11.0. The minimum absolute atomic E-state index is 0.0523. The van der Waals surface area contributed by atoms with Crippen LogP contribution in [0.5, 0.6) is 0 Å². The predicted molar refractivity (Wildman–Crippen MR) is 75.3 cm³/mol. The summed E-state index contributed by atoms with van der Waals surface area (Å²) in [5, 5.41) is 25.6. The van der Waals surface area contributed by atoms with E-state index in [1.165, 1.54) is 18.3 Å². The number of piperidine rings is 1. The van der Waals surface area contributed by atoms with Gasteiger partial charge in [-0.2, -0.15) is 10.4 Å². The monoisotopic (exact) mass is 322 g/mol. The molecule has 124 valence electrons. The molecule has 1 aromatic heterocycles. The first kappa shape index (κ1) is 16.9. The second-order valence-corrected chi connectivity index (χ2v) is 5.25. The summed E-state index contributed by atoms with van der Waals surface area (Å²) < 4.78 is 0. The highest BCUT2D eigenvalue weighted by atomic mass is 16.7. The van der Waals surface area contributed by atoms with Gasteiger partial charge in [-0.05, 0) is 12.8 Å². The van der Waals surface area contributed by atoms with Crippen molar-refractivity contribution >= 4 is 11.9 Å².